The van der Waals surface area contributed by atoms with Crippen LogP contribution in [0.1, 0.15) is 12.8 Å². The fourth-order valence-electron chi connectivity index (χ4n) is 3.26. The molecule has 0 spiro atoms. The first kappa shape index (κ1) is 22.0. The molecular formula is C19H20ClN3O6S. The standard InChI is InChI=1S/C19H20ClN3O6S/c1-29-15-6-9-17(18(11-15)23(25)26)21-19(24)13-3-2-10-22(12-13)30(27,28)16-7-4-14(20)5-8-16/h4-9,11,13H,2-3,10,12H2,1H3,(H,21,24). The number of nitro groups is 1. The van der Waals surface area contributed by atoms with Crippen LogP contribution in [0, 0.1) is 16.0 Å². The van der Waals surface area contributed by atoms with Crippen LogP contribution in [0.2, 0.25) is 5.02 Å². The van der Waals surface area contributed by atoms with Crippen molar-refractivity contribution in [1.82, 2.24) is 4.31 Å². The summed E-state index contributed by atoms with van der Waals surface area (Å²) in [7, 11) is -2.39. The number of hydrogen-bond acceptors (Lipinski definition) is 6. The van der Waals surface area contributed by atoms with Crippen molar-refractivity contribution >= 4 is 38.9 Å². The molecule has 1 aliphatic heterocycles. The highest BCUT2D eigenvalue weighted by atomic mass is 35.5. The van der Waals surface area contributed by atoms with Crippen molar-refractivity contribution in [2.24, 2.45) is 5.92 Å². The third-order valence-electron chi connectivity index (χ3n) is 4.87. The molecular weight excluding hydrogens is 434 g/mol. The Balaban J connectivity index is 1.76. The van der Waals surface area contributed by atoms with Gasteiger partial charge in [0.15, 0.2) is 0 Å². The molecule has 1 fully saturated rings. The van der Waals surface area contributed by atoms with Gasteiger partial charge >= 0.3 is 0 Å². The maximum absolute atomic E-state index is 12.9. The lowest BCUT2D eigenvalue weighted by Crippen LogP contribution is -2.43. The molecule has 2 aromatic carbocycles. The van der Waals surface area contributed by atoms with E-state index in [1.807, 2.05) is 0 Å². The van der Waals surface area contributed by atoms with E-state index in [1.165, 1.54) is 53.9 Å². The summed E-state index contributed by atoms with van der Waals surface area (Å²) >= 11 is 5.83. The summed E-state index contributed by atoms with van der Waals surface area (Å²) in [6.45, 7) is 0.276. The molecule has 1 saturated heterocycles. The van der Waals surface area contributed by atoms with Crippen LogP contribution in [0.25, 0.3) is 0 Å². The summed E-state index contributed by atoms with van der Waals surface area (Å²) in [4.78, 5) is 23.5. The van der Waals surface area contributed by atoms with Crippen LogP contribution in [0.4, 0.5) is 11.4 Å². The zero-order valence-corrected chi connectivity index (χ0v) is 17.6. The number of nitrogens with one attached hydrogen (secondary N) is 1. The van der Waals surface area contributed by atoms with E-state index in [9.17, 15) is 23.3 Å². The summed E-state index contributed by atoms with van der Waals surface area (Å²) < 4.78 is 32.0. The van der Waals surface area contributed by atoms with Crippen LogP contribution in [-0.2, 0) is 14.8 Å². The van der Waals surface area contributed by atoms with Crippen LogP contribution in [0.5, 0.6) is 5.75 Å². The van der Waals surface area contributed by atoms with Gasteiger partial charge in [-0.3, -0.25) is 14.9 Å². The second-order valence-corrected chi connectivity index (χ2v) is 9.16. The number of anilines is 1. The van der Waals surface area contributed by atoms with Gasteiger partial charge in [0.05, 0.1) is 28.9 Å². The Morgan fingerprint density at radius 2 is 1.97 bits per heavy atom. The number of benzene rings is 2. The Morgan fingerprint density at radius 1 is 1.27 bits per heavy atom. The summed E-state index contributed by atoms with van der Waals surface area (Å²) in [5.41, 5.74) is -0.271. The fraction of sp³-hybridized carbons (Fsp3) is 0.316. The number of carbonyl (C=O) groups is 1. The Labute approximate surface area is 178 Å². The quantitative estimate of drug-likeness (QED) is 0.529. The molecule has 30 heavy (non-hydrogen) atoms. The van der Waals surface area contributed by atoms with Crippen LogP contribution in [0.3, 0.4) is 0 Å². The molecule has 1 heterocycles. The average molecular weight is 454 g/mol. The smallest absolute Gasteiger partial charge is 0.296 e. The van der Waals surface area contributed by atoms with Crippen molar-refractivity contribution in [2.75, 3.05) is 25.5 Å². The van der Waals surface area contributed by atoms with Crippen LogP contribution < -0.4 is 10.1 Å². The van der Waals surface area contributed by atoms with Gasteiger partial charge in [0.1, 0.15) is 11.4 Å². The molecule has 0 radical (unpaired) electrons. The second-order valence-electron chi connectivity index (χ2n) is 6.79. The summed E-state index contributed by atoms with van der Waals surface area (Å²) in [6, 6.07) is 9.93. The first-order chi connectivity index (χ1) is 14.2. The Hall–Kier alpha value is -2.69. The summed E-state index contributed by atoms with van der Waals surface area (Å²) in [5.74, 6) is -0.820. The minimum absolute atomic E-state index is 0.0131. The zero-order valence-electron chi connectivity index (χ0n) is 16.1. The number of rotatable bonds is 6. The first-order valence-corrected chi connectivity index (χ1v) is 10.9. The number of nitrogens with zero attached hydrogens (tertiary/aromatic N) is 2. The molecule has 2 aromatic rings. The van der Waals surface area contributed by atoms with Gasteiger partial charge in [-0.25, -0.2) is 8.42 Å². The highest BCUT2D eigenvalue weighted by Crippen LogP contribution is 2.31. The predicted octanol–water partition coefficient (Wildman–Crippen LogP) is 3.30. The van der Waals surface area contributed by atoms with Crippen molar-refractivity contribution in [3.63, 3.8) is 0 Å². The van der Waals surface area contributed by atoms with E-state index in [1.54, 1.807) is 0 Å². The molecule has 1 amide bonds. The van der Waals surface area contributed by atoms with Gasteiger partial charge in [-0.15, -0.1) is 0 Å². The van der Waals surface area contributed by atoms with Gasteiger partial charge in [-0.1, -0.05) is 11.6 Å². The van der Waals surface area contributed by atoms with Crippen LogP contribution in [0.15, 0.2) is 47.4 Å². The van der Waals surface area contributed by atoms with E-state index in [0.717, 1.165) is 0 Å². The highest BCUT2D eigenvalue weighted by Gasteiger charge is 2.34. The molecule has 0 aliphatic carbocycles. The van der Waals surface area contributed by atoms with Crippen molar-refractivity contribution < 1.29 is 22.9 Å². The van der Waals surface area contributed by atoms with E-state index >= 15 is 0 Å². The molecule has 3 rings (SSSR count). The normalized spacial score (nSPS) is 17.3. The number of amides is 1. The SMILES string of the molecule is COc1ccc(NC(=O)C2CCCN(S(=O)(=O)c3ccc(Cl)cc3)C2)c([N+](=O)[O-])c1. The minimum atomic E-state index is -3.78. The van der Waals surface area contributed by atoms with E-state index in [-0.39, 0.29) is 35.1 Å². The number of nitro benzene ring substituents is 1. The van der Waals surface area contributed by atoms with Gasteiger partial charge in [-0.2, -0.15) is 4.31 Å². The van der Waals surface area contributed by atoms with Gasteiger partial charge in [0.25, 0.3) is 5.69 Å². The third kappa shape index (κ3) is 4.72. The molecule has 0 saturated carbocycles. The number of halogens is 1. The third-order valence-corrected chi connectivity index (χ3v) is 7.00. The van der Waals surface area contributed by atoms with Gasteiger partial charge in [0, 0.05) is 18.1 Å². The van der Waals surface area contributed by atoms with E-state index < -0.39 is 26.8 Å². The maximum atomic E-state index is 12.9. The van der Waals surface area contributed by atoms with Gasteiger partial charge in [0.2, 0.25) is 15.9 Å². The molecule has 1 atom stereocenters. The molecule has 0 aromatic heterocycles. The van der Waals surface area contributed by atoms with Crippen molar-refractivity contribution in [3.8, 4) is 5.75 Å². The maximum Gasteiger partial charge on any atom is 0.296 e. The number of hydrogen-bond donors (Lipinski definition) is 1. The molecule has 1 aliphatic rings. The Kier molecular flexibility index (Phi) is 6.59. The topological polar surface area (TPSA) is 119 Å². The molecule has 0 bridgehead atoms. The average Bonchev–Trinajstić information content (AvgIpc) is 2.74. The predicted molar refractivity (Wildman–Crippen MR) is 111 cm³/mol. The monoisotopic (exact) mass is 453 g/mol. The number of ether oxygens (including phenoxy) is 1. The first-order valence-electron chi connectivity index (χ1n) is 9.11. The Bertz CT molecular complexity index is 1060. The number of carbonyl (C=O) groups excluding carboxylic acids is 1. The molecule has 1 N–H and O–H groups in total. The number of piperidine rings is 1. The molecule has 9 nitrogen and oxygen atoms in total. The lowest BCUT2D eigenvalue weighted by atomic mass is 9.98. The molecule has 160 valence electrons. The van der Waals surface area contributed by atoms with Crippen molar-refractivity contribution in [3.05, 3.63) is 57.6 Å². The largest absolute Gasteiger partial charge is 0.496 e. The molecule has 11 heteroatoms. The van der Waals surface area contributed by atoms with Crippen molar-refractivity contribution in [1.29, 1.82) is 0 Å². The van der Waals surface area contributed by atoms with E-state index in [4.69, 9.17) is 16.3 Å². The van der Waals surface area contributed by atoms with Gasteiger partial charge < -0.3 is 10.1 Å². The summed E-state index contributed by atoms with van der Waals surface area (Å²) in [6.07, 6.45) is 0.970. The number of sulfonamides is 1. The zero-order chi connectivity index (χ0) is 21.9. The number of methoxy groups -OCH3 is 1. The molecule has 1 unspecified atom stereocenters. The lowest BCUT2D eigenvalue weighted by Gasteiger charge is -2.31. The van der Waals surface area contributed by atoms with Crippen LogP contribution >= 0.6 is 11.6 Å². The summed E-state index contributed by atoms with van der Waals surface area (Å²) in [5, 5.41) is 14.3. The van der Waals surface area contributed by atoms with Crippen LogP contribution in [-0.4, -0.2) is 43.8 Å². The van der Waals surface area contributed by atoms with Crippen molar-refractivity contribution in [2.45, 2.75) is 17.7 Å². The Morgan fingerprint density at radius 3 is 2.60 bits per heavy atom. The van der Waals surface area contributed by atoms with E-state index in [2.05, 4.69) is 5.32 Å². The highest BCUT2D eigenvalue weighted by molar-refractivity contribution is 7.89. The van der Waals surface area contributed by atoms with E-state index in [0.29, 0.717) is 17.9 Å². The minimum Gasteiger partial charge on any atom is -0.496 e. The second kappa shape index (κ2) is 8.99. The fourth-order valence-corrected chi connectivity index (χ4v) is 4.91. The van der Waals surface area contributed by atoms with Gasteiger partial charge in [-0.05, 0) is 49.2 Å². The lowest BCUT2D eigenvalue weighted by molar-refractivity contribution is -0.384.